The summed E-state index contributed by atoms with van der Waals surface area (Å²) < 4.78 is 11.0. The molecule has 5 heteroatoms. The molecule has 1 atom stereocenters. The highest BCUT2D eigenvalue weighted by Gasteiger charge is 2.26. The third-order valence-electron chi connectivity index (χ3n) is 3.51. The number of oxazole rings is 1. The van der Waals surface area contributed by atoms with Crippen molar-refractivity contribution < 1.29 is 13.9 Å². The van der Waals surface area contributed by atoms with Gasteiger partial charge < -0.3 is 9.15 Å². The summed E-state index contributed by atoms with van der Waals surface area (Å²) in [5.74, 6) is 1.23. The Morgan fingerprint density at radius 3 is 2.90 bits per heavy atom. The second kappa shape index (κ2) is 5.00. The molecule has 104 valence electrons. The number of amides is 1. The van der Waals surface area contributed by atoms with Gasteiger partial charge in [-0.15, -0.1) is 0 Å². The van der Waals surface area contributed by atoms with Crippen molar-refractivity contribution in [3.8, 4) is 5.75 Å². The van der Waals surface area contributed by atoms with Crippen LogP contribution >= 0.6 is 0 Å². The number of benzene rings is 1. The SMILES string of the molecule is Cc1nc(NC(=O)[C@H]2COc3ccccc3C2)oc1C. The van der Waals surface area contributed by atoms with Crippen molar-refractivity contribution in [1.29, 1.82) is 0 Å². The lowest BCUT2D eigenvalue weighted by molar-refractivity contribution is -0.121. The molecular weight excluding hydrogens is 256 g/mol. The smallest absolute Gasteiger partial charge is 0.301 e. The van der Waals surface area contributed by atoms with E-state index in [1.165, 1.54) is 0 Å². The number of aryl methyl sites for hydroxylation is 2. The molecule has 0 saturated heterocycles. The van der Waals surface area contributed by atoms with Gasteiger partial charge in [-0.2, -0.15) is 4.98 Å². The van der Waals surface area contributed by atoms with Crippen LogP contribution in [0.15, 0.2) is 28.7 Å². The van der Waals surface area contributed by atoms with E-state index in [1.54, 1.807) is 0 Å². The summed E-state index contributed by atoms with van der Waals surface area (Å²) in [6.45, 7) is 4.04. The first kappa shape index (κ1) is 12.7. The van der Waals surface area contributed by atoms with Gasteiger partial charge >= 0.3 is 6.01 Å². The average molecular weight is 272 g/mol. The van der Waals surface area contributed by atoms with Gasteiger partial charge in [0.05, 0.1) is 11.6 Å². The van der Waals surface area contributed by atoms with Gasteiger partial charge in [0.1, 0.15) is 18.1 Å². The lowest BCUT2D eigenvalue weighted by Gasteiger charge is -2.23. The average Bonchev–Trinajstić information content (AvgIpc) is 2.76. The molecule has 0 spiro atoms. The minimum atomic E-state index is -0.225. The molecule has 0 bridgehead atoms. The molecule has 1 aromatic heterocycles. The van der Waals surface area contributed by atoms with Crippen molar-refractivity contribution >= 4 is 11.9 Å². The lowest BCUT2D eigenvalue weighted by atomic mass is 9.96. The molecule has 1 N–H and O–H groups in total. The summed E-state index contributed by atoms with van der Waals surface area (Å²) in [5, 5.41) is 2.71. The van der Waals surface area contributed by atoms with Crippen LogP contribution in [0.2, 0.25) is 0 Å². The number of carbonyl (C=O) groups is 1. The van der Waals surface area contributed by atoms with Crippen LogP contribution in [-0.2, 0) is 11.2 Å². The summed E-state index contributed by atoms with van der Waals surface area (Å²) in [4.78, 5) is 16.4. The fourth-order valence-electron chi connectivity index (χ4n) is 2.23. The summed E-state index contributed by atoms with van der Waals surface area (Å²) >= 11 is 0. The summed E-state index contributed by atoms with van der Waals surface area (Å²) in [5.41, 5.74) is 1.84. The predicted molar refractivity (Wildman–Crippen MR) is 73.7 cm³/mol. The molecule has 0 radical (unpaired) electrons. The minimum Gasteiger partial charge on any atom is -0.492 e. The van der Waals surface area contributed by atoms with Crippen molar-refractivity contribution in [3.63, 3.8) is 0 Å². The molecule has 2 heterocycles. The zero-order valence-corrected chi connectivity index (χ0v) is 11.5. The van der Waals surface area contributed by atoms with E-state index in [1.807, 2.05) is 38.1 Å². The molecule has 20 heavy (non-hydrogen) atoms. The van der Waals surface area contributed by atoms with Gasteiger partial charge in [0.2, 0.25) is 5.91 Å². The Bertz CT molecular complexity index is 629. The number of fused-ring (bicyclic) bond motifs is 1. The van der Waals surface area contributed by atoms with Crippen molar-refractivity contribution in [2.45, 2.75) is 20.3 Å². The van der Waals surface area contributed by atoms with E-state index in [4.69, 9.17) is 9.15 Å². The molecule has 1 aliphatic heterocycles. The number of nitrogens with one attached hydrogen (secondary N) is 1. The maximum Gasteiger partial charge on any atom is 0.301 e. The normalized spacial score (nSPS) is 17.2. The maximum absolute atomic E-state index is 12.2. The Hall–Kier alpha value is -2.30. The highest BCUT2D eigenvalue weighted by Crippen LogP contribution is 2.27. The molecule has 1 aliphatic rings. The number of nitrogens with zero attached hydrogens (tertiary/aromatic N) is 1. The highest BCUT2D eigenvalue weighted by molar-refractivity contribution is 5.91. The first-order valence-electron chi connectivity index (χ1n) is 6.59. The number of rotatable bonds is 2. The fourth-order valence-corrected chi connectivity index (χ4v) is 2.23. The van der Waals surface area contributed by atoms with Gasteiger partial charge in [-0.25, -0.2) is 0 Å². The van der Waals surface area contributed by atoms with E-state index < -0.39 is 0 Å². The maximum atomic E-state index is 12.2. The zero-order chi connectivity index (χ0) is 14.1. The fraction of sp³-hybridized carbons (Fsp3) is 0.333. The number of hydrogen-bond donors (Lipinski definition) is 1. The van der Waals surface area contributed by atoms with E-state index in [2.05, 4.69) is 10.3 Å². The van der Waals surface area contributed by atoms with Gasteiger partial charge in [-0.3, -0.25) is 10.1 Å². The molecule has 0 fully saturated rings. The Balaban J connectivity index is 1.70. The lowest BCUT2D eigenvalue weighted by Crippen LogP contribution is -2.32. The van der Waals surface area contributed by atoms with E-state index in [0.29, 0.717) is 18.8 Å². The number of aromatic nitrogens is 1. The van der Waals surface area contributed by atoms with Crippen molar-refractivity contribution in [3.05, 3.63) is 41.3 Å². The van der Waals surface area contributed by atoms with Crippen LogP contribution < -0.4 is 10.1 Å². The molecule has 3 rings (SSSR count). The van der Waals surface area contributed by atoms with Gasteiger partial charge in [-0.05, 0) is 31.9 Å². The van der Waals surface area contributed by atoms with Crippen molar-refractivity contribution in [2.24, 2.45) is 5.92 Å². The van der Waals surface area contributed by atoms with E-state index in [-0.39, 0.29) is 17.8 Å². The topological polar surface area (TPSA) is 64.4 Å². The number of carbonyl (C=O) groups excluding carboxylic acids is 1. The summed E-state index contributed by atoms with van der Waals surface area (Å²) in [7, 11) is 0. The third-order valence-corrected chi connectivity index (χ3v) is 3.51. The van der Waals surface area contributed by atoms with E-state index in [9.17, 15) is 4.79 Å². The standard InChI is InChI=1S/C15H16N2O3/c1-9-10(2)20-15(16-9)17-14(18)12-7-11-5-3-4-6-13(11)19-8-12/h3-6,12H,7-8H2,1-2H3,(H,16,17,18)/t12-/m1/s1. The van der Waals surface area contributed by atoms with Crippen LogP contribution in [0.25, 0.3) is 0 Å². The number of anilines is 1. The number of para-hydroxylation sites is 1. The van der Waals surface area contributed by atoms with Crippen LogP contribution in [0.5, 0.6) is 5.75 Å². The Kier molecular flexibility index (Phi) is 3.18. The molecule has 1 aromatic carbocycles. The molecule has 2 aromatic rings. The predicted octanol–water partition coefficient (Wildman–Crippen LogP) is 2.48. The molecule has 5 nitrogen and oxygen atoms in total. The minimum absolute atomic E-state index is 0.124. The highest BCUT2D eigenvalue weighted by atomic mass is 16.5. The first-order valence-corrected chi connectivity index (χ1v) is 6.59. The van der Waals surface area contributed by atoms with E-state index in [0.717, 1.165) is 17.0 Å². The van der Waals surface area contributed by atoms with Crippen molar-refractivity contribution in [2.75, 3.05) is 11.9 Å². The van der Waals surface area contributed by atoms with Gasteiger partial charge in [-0.1, -0.05) is 18.2 Å². The number of ether oxygens (including phenoxy) is 1. The summed E-state index contributed by atoms with van der Waals surface area (Å²) in [6.07, 6.45) is 0.667. The van der Waals surface area contributed by atoms with Crippen LogP contribution in [0, 0.1) is 19.8 Å². The Morgan fingerprint density at radius 2 is 2.15 bits per heavy atom. The van der Waals surface area contributed by atoms with Crippen LogP contribution in [0.1, 0.15) is 17.0 Å². The van der Waals surface area contributed by atoms with Crippen LogP contribution in [0.4, 0.5) is 6.01 Å². The molecule has 1 amide bonds. The number of hydrogen-bond acceptors (Lipinski definition) is 4. The molecule has 0 saturated carbocycles. The van der Waals surface area contributed by atoms with Gasteiger partial charge in [0.25, 0.3) is 0 Å². The third kappa shape index (κ3) is 2.39. The molecular formula is C15H16N2O3. The quantitative estimate of drug-likeness (QED) is 0.912. The largest absolute Gasteiger partial charge is 0.492 e. The van der Waals surface area contributed by atoms with Crippen molar-refractivity contribution in [1.82, 2.24) is 4.98 Å². The first-order chi connectivity index (χ1) is 9.63. The van der Waals surface area contributed by atoms with Crippen LogP contribution in [-0.4, -0.2) is 17.5 Å². The second-order valence-electron chi connectivity index (χ2n) is 4.97. The second-order valence-corrected chi connectivity index (χ2v) is 4.97. The molecule has 0 unspecified atom stereocenters. The summed E-state index contributed by atoms with van der Waals surface area (Å²) in [6, 6.07) is 8.03. The van der Waals surface area contributed by atoms with Crippen LogP contribution in [0.3, 0.4) is 0 Å². The monoisotopic (exact) mass is 272 g/mol. The Morgan fingerprint density at radius 1 is 1.35 bits per heavy atom. The van der Waals surface area contributed by atoms with E-state index >= 15 is 0 Å². The Labute approximate surface area is 117 Å². The van der Waals surface area contributed by atoms with Gasteiger partial charge in [0.15, 0.2) is 0 Å². The zero-order valence-electron chi connectivity index (χ0n) is 11.5. The molecule has 0 aliphatic carbocycles. The van der Waals surface area contributed by atoms with Gasteiger partial charge in [0, 0.05) is 0 Å².